The lowest BCUT2D eigenvalue weighted by Crippen LogP contribution is -2.63. The van der Waals surface area contributed by atoms with Crippen LogP contribution in [-0.2, 0) is 9.59 Å². The van der Waals surface area contributed by atoms with Crippen LogP contribution in [0.3, 0.4) is 0 Å². The van der Waals surface area contributed by atoms with Crippen molar-refractivity contribution in [3.05, 3.63) is 28.2 Å². The normalized spacial score (nSPS) is 23.2. The minimum atomic E-state index is -0.702. The van der Waals surface area contributed by atoms with Crippen LogP contribution in [-0.4, -0.2) is 52.9 Å². The van der Waals surface area contributed by atoms with Gasteiger partial charge in [-0.3, -0.25) is 9.59 Å². The fourth-order valence-electron chi connectivity index (χ4n) is 4.04. The quantitative estimate of drug-likeness (QED) is 0.775. The molecule has 0 saturated carbocycles. The molecule has 1 aromatic carbocycles. The first-order valence-corrected chi connectivity index (χ1v) is 9.80. The van der Waals surface area contributed by atoms with E-state index in [0.717, 1.165) is 32.2 Å². The van der Waals surface area contributed by atoms with E-state index in [1.54, 1.807) is 23.1 Å². The van der Waals surface area contributed by atoms with Gasteiger partial charge < -0.3 is 14.5 Å². The molecule has 26 heavy (non-hydrogen) atoms. The summed E-state index contributed by atoms with van der Waals surface area (Å²) in [6.07, 6.45) is 3.20. The first-order chi connectivity index (χ1) is 12.3. The molecule has 1 spiro atoms. The third-order valence-electron chi connectivity index (χ3n) is 5.31. The number of hydrogen-bond donors (Lipinski definition) is 0. The van der Waals surface area contributed by atoms with E-state index in [0.29, 0.717) is 22.3 Å². The fourth-order valence-corrected chi connectivity index (χ4v) is 4.51. The Hall–Kier alpha value is -1.46. The van der Waals surface area contributed by atoms with Gasteiger partial charge in [0.25, 0.3) is 5.91 Å². The zero-order valence-electron chi connectivity index (χ0n) is 15.1. The van der Waals surface area contributed by atoms with Gasteiger partial charge in [-0.05, 0) is 57.7 Å². The maximum Gasteiger partial charge on any atom is 0.261 e. The van der Waals surface area contributed by atoms with E-state index >= 15 is 0 Å². The molecule has 5 nitrogen and oxygen atoms in total. The molecule has 2 aliphatic rings. The monoisotopic (exact) mass is 398 g/mol. The standard InChI is InChI=1S/C19H24Cl2N2O3/c1-13(2)22-9-3-7-19(18(22)25)8-4-10-23(19)17(24)12-26-16-6-5-14(20)11-15(16)21/h5-6,11,13H,3-4,7-10,12H2,1-2H3. The second kappa shape index (κ2) is 7.65. The summed E-state index contributed by atoms with van der Waals surface area (Å²) < 4.78 is 5.60. The Labute approximate surface area is 164 Å². The Bertz CT molecular complexity index is 710. The number of nitrogens with zero attached hydrogens (tertiary/aromatic N) is 2. The lowest BCUT2D eigenvalue weighted by molar-refractivity contribution is -0.157. The van der Waals surface area contributed by atoms with E-state index in [2.05, 4.69) is 0 Å². The van der Waals surface area contributed by atoms with E-state index in [9.17, 15) is 9.59 Å². The van der Waals surface area contributed by atoms with Gasteiger partial charge in [0.05, 0.1) is 5.02 Å². The number of hydrogen-bond acceptors (Lipinski definition) is 3. The van der Waals surface area contributed by atoms with E-state index in [1.807, 2.05) is 18.7 Å². The predicted octanol–water partition coefficient (Wildman–Crippen LogP) is 3.76. The second-order valence-corrected chi connectivity index (χ2v) is 8.08. The highest BCUT2D eigenvalue weighted by Gasteiger charge is 2.53. The Balaban J connectivity index is 1.73. The van der Waals surface area contributed by atoms with Gasteiger partial charge in [-0.15, -0.1) is 0 Å². The molecular formula is C19H24Cl2N2O3. The topological polar surface area (TPSA) is 49.9 Å². The number of carbonyl (C=O) groups excluding carboxylic acids is 2. The number of likely N-dealkylation sites (tertiary alicyclic amines) is 2. The second-order valence-electron chi connectivity index (χ2n) is 7.24. The Kier molecular flexibility index (Phi) is 5.68. The van der Waals surface area contributed by atoms with Crippen molar-refractivity contribution >= 4 is 35.0 Å². The summed E-state index contributed by atoms with van der Waals surface area (Å²) in [6.45, 7) is 5.25. The molecule has 2 heterocycles. The maximum absolute atomic E-state index is 13.1. The van der Waals surface area contributed by atoms with Gasteiger partial charge in [0.15, 0.2) is 6.61 Å². The average molecular weight is 399 g/mol. The first-order valence-electron chi connectivity index (χ1n) is 9.04. The smallest absolute Gasteiger partial charge is 0.261 e. The molecule has 3 rings (SSSR count). The van der Waals surface area contributed by atoms with Crippen molar-refractivity contribution in [3.8, 4) is 5.75 Å². The van der Waals surface area contributed by atoms with Gasteiger partial charge >= 0.3 is 0 Å². The minimum Gasteiger partial charge on any atom is -0.482 e. The highest BCUT2D eigenvalue weighted by atomic mass is 35.5. The summed E-state index contributed by atoms with van der Waals surface area (Å²) in [5, 5.41) is 0.870. The first kappa shape index (κ1) is 19.3. The Morgan fingerprint density at radius 3 is 2.58 bits per heavy atom. The molecule has 2 fully saturated rings. The Morgan fingerprint density at radius 1 is 1.23 bits per heavy atom. The molecule has 2 amide bonds. The molecule has 0 bridgehead atoms. The van der Waals surface area contributed by atoms with Crippen molar-refractivity contribution in [2.45, 2.75) is 51.1 Å². The fraction of sp³-hybridized carbons (Fsp3) is 0.579. The van der Waals surface area contributed by atoms with Gasteiger partial charge in [0.1, 0.15) is 11.3 Å². The van der Waals surface area contributed by atoms with Gasteiger partial charge in [0, 0.05) is 24.2 Å². The van der Waals surface area contributed by atoms with Crippen molar-refractivity contribution in [1.29, 1.82) is 0 Å². The van der Waals surface area contributed by atoms with Crippen LogP contribution in [0.4, 0.5) is 0 Å². The largest absolute Gasteiger partial charge is 0.482 e. The van der Waals surface area contributed by atoms with Gasteiger partial charge in [-0.1, -0.05) is 23.2 Å². The summed E-state index contributed by atoms with van der Waals surface area (Å²) in [5.41, 5.74) is -0.702. The SMILES string of the molecule is CC(C)N1CCCC2(CCCN2C(=O)COc2ccc(Cl)cc2Cl)C1=O. The lowest BCUT2D eigenvalue weighted by Gasteiger charge is -2.45. The minimum absolute atomic E-state index is 0.0779. The summed E-state index contributed by atoms with van der Waals surface area (Å²) in [5.74, 6) is 0.318. The lowest BCUT2D eigenvalue weighted by atomic mass is 9.84. The number of amides is 2. The zero-order chi connectivity index (χ0) is 18.9. The van der Waals surface area contributed by atoms with Crippen LogP contribution >= 0.6 is 23.2 Å². The van der Waals surface area contributed by atoms with E-state index in [1.165, 1.54) is 0 Å². The van der Waals surface area contributed by atoms with Crippen LogP contribution in [0.5, 0.6) is 5.75 Å². The predicted molar refractivity (Wildman–Crippen MR) is 102 cm³/mol. The van der Waals surface area contributed by atoms with Crippen LogP contribution in [0.1, 0.15) is 39.5 Å². The zero-order valence-corrected chi connectivity index (χ0v) is 16.6. The number of ether oxygens (including phenoxy) is 1. The molecule has 0 radical (unpaired) electrons. The summed E-state index contributed by atoms with van der Waals surface area (Å²) in [6, 6.07) is 5.02. The Morgan fingerprint density at radius 2 is 1.92 bits per heavy atom. The van der Waals surface area contributed by atoms with Crippen molar-refractivity contribution in [2.24, 2.45) is 0 Å². The van der Waals surface area contributed by atoms with Crippen LogP contribution < -0.4 is 4.74 Å². The number of carbonyl (C=O) groups is 2. The highest BCUT2D eigenvalue weighted by molar-refractivity contribution is 6.35. The molecule has 0 N–H and O–H groups in total. The molecule has 1 unspecified atom stereocenters. The summed E-state index contributed by atoms with van der Waals surface area (Å²) in [4.78, 5) is 29.6. The van der Waals surface area contributed by atoms with Crippen LogP contribution in [0.25, 0.3) is 0 Å². The van der Waals surface area contributed by atoms with Crippen molar-refractivity contribution in [2.75, 3.05) is 19.7 Å². The molecule has 0 aliphatic carbocycles. The number of rotatable bonds is 4. The molecule has 2 aliphatic heterocycles. The van der Waals surface area contributed by atoms with Crippen molar-refractivity contribution < 1.29 is 14.3 Å². The summed E-state index contributed by atoms with van der Waals surface area (Å²) >= 11 is 12.0. The molecule has 2 saturated heterocycles. The van der Waals surface area contributed by atoms with Crippen molar-refractivity contribution in [1.82, 2.24) is 9.80 Å². The van der Waals surface area contributed by atoms with E-state index < -0.39 is 5.54 Å². The number of halogens is 2. The van der Waals surface area contributed by atoms with Crippen LogP contribution in [0.2, 0.25) is 10.0 Å². The molecule has 0 aromatic heterocycles. The molecule has 1 atom stereocenters. The third kappa shape index (κ3) is 3.52. The number of piperidine rings is 1. The molecule has 7 heteroatoms. The van der Waals surface area contributed by atoms with E-state index in [-0.39, 0.29) is 24.5 Å². The average Bonchev–Trinajstić information content (AvgIpc) is 3.00. The highest BCUT2D eigenvalue weighted by Crippen LogP contribution is 2.39. The summed E-state index contributed by atoms with van der Waals surface area (Å²) in [7, 11) is 0. The van der Waals surface area contributed by atoms with Crippen LogP contribution in [0.15, 0.2) is 18.2 Å². The molecule has 1 aromatic rings. The van der Waals surface area contributed by atoms with E-state index in [4.69, 9.17) is 27.9 Å². The number of benzene rings is 1. The van der Waals surface area contributed by atoms with Gasteiger partial charge in [0.2, 0.25) is 5.91 Å². The van der Waals surface area contributed by atoms with Gasteiger partial charge in [-0.25, -0.2) is 0 Å². The van der Waals surface area contributed by atoms with Crippen molar-refractivity contribution in [3.63, 3.8) is 0 Å². The third-order valence-corrected chi connectivity index (χ3v) is 5.84. The molecule has 142 valence electrons. The van der Waals surface area contributed by atoms with Gasteiger partial charge in [-0.2, -0.15) is 0 Å². The maximum atomic E-state index is 13.1. The molecular weight excluding hydrogens is 375 g/mol. The van der Waals surface area contributed by atoms with Crippen LogP contribution in [0, 0.1) is 0 Å².